The molecule has 0 atom stereocenters. The van der Waals surface area contributed by atoms with Gasteiger partial charge in [0.05, 0.1) is 0 Å². The number of benzene rings is 4. The Morgan fingerprint density at radius 1 is 0.705 bits per heavy atom. The summed E-state index contributed by atoms with van der Waals surface area (Å²) in [6.07, 6.45) is 8.99. The van der Waals surface area contributed by atoms with Crippen molar-refractivity contribution in [2.75, 3.05) is 0 Å². The molecule has 2 aliphatic rings. The van der Waals surface area contributed by atoms with Gasteiger partial charge in [0.15, 0.2) is 0 Å². The number of hydrogen-bond donors (Lipinski definition) is 0. The summed E-state index contributed by atoms with van der Waals surface area (Å²) in [6, 6.07) is 29.0. The third-order valence-electron chi connectivity index (χ3n) is 8.57. The van der Waals surface area contributed by atoms with Gasteiger partial charge < -0.3 is 0 Å². The molecule has 0 radical (unpaired) electrons. The number of halogens is 4. The second kappa shape index (κ2) is 13.6. The zero-order chi connectivity index (χ0) is 29.8. The first kappa shape index (κ1) is 35.1. The van der Waals surface area contributed by atoms with Crippen molar-refractivity contribution < 1.29 is 21.3 Å². The zero-order valence-electron chi connectivity index (χ0n) is 26.2. The molecule has 228 valence electrons. The first-order chi connectivity index (χ1) is 19.9. The standard InChI is InChI=1S/C21H25.C13H8Cl2.C5H5.2ClH.Zr/c1-20(2,3)16-7-9-18-14(12-16)11-15-13-17(21(4,5)6)8-10-19(15)18;14-12-5-1-3-10(8-12)7-11-4-2-6-13(15)9-11;1-2-4-5-3-1;;;/h7-10,12H,11H2,1-6H3;1-6,8-9H;1-3H,4H2;2*1H;. The maximum Gasteiger partial charge on any atom is -0.147 e. The van der Waals surface area contributed by atoms with Gasteiger partial charge in [-0.15, -0.1) is 24.8 Å². The van der Waals surface area contributed by atoms with Gasteiger partial charge in [0.2, 0.25) is 0 Å². The Morgan fingerprint density at radius 2 is 1.32 bits per heavy atom. The summed E-state index contributed by atoms with van der Waals surface area (Å²) in [7, 11) is 0. The van der Waals surface area contributed by atoms with Crippen molar-refractivity contribution in [1.82, 2.24) is 0 Å². The van der Waals surface area contributed by atoms with E-state index < -0.39 is 21.3 Å². The minimum absolute atomic E-state index is 0. The van der Waals surface area contributed by atoms with E-state index in [2.05, 4.69) is 127 Å². The Morgan fingerprint density at radius 3 is 1.84 bits per heavy atom. The van der Waals surface area contributed by atoms with Crippen LogP contribution in [0.25, 0.3) is 11.1 Å². The number of rotatable bonds is 4. The number of fused-ring (bicyclic) bond motifs is 3. The van der Waals surface area contributed by atoms with Crippen molar-refractivity contribution in [3.05, 3.63) is 144 Å². The van der Waals surface area contributed by atoms with E-state index >= 15 is 0 Å². The molecule has 2 aliphatic carbocycles. The molecule has 0 aromatic heterocycles. The monoisotopic (exact) mass is 738 g/mol. The van der Waals surface area contributed by atoms with Crippen molar-refractivity contribution in [3.8, 4) is 11.1 Å². The first-order valence-electron chi connectivity index (χ1n) is 14.8. The van der Waals surface area contributed by atoms with E-state index in [0.717, 1.165) is 22.9 Å². The average Bonchev–Trinajstić information content (AvgIpc) is 3.58. The fourth-order valence-electron chi connectivity index (χ4n) is 6.48. The third-order valence-corrected chi connectivity index (χ3v) is 16.8. The van der Waals surface area contributed by atoms with Gasteiger partial charge in [-0.3, -0.25) is 0 Å². The average molecular weight is 742 g/mol. The summed E-state index contributed by atoms with van der Waals surface area (Å²) in [5.74, 6) is 0. The summed E-state index contributed by atoms with van der Waals surface area (Å²) in [6.45, 7) is 14.0. The van der Waals surface area contributed by atoms with Gasteiger partial charge in [0.25, 0.3) is 0 Å². The fraction of sp³-hybridized carbons (Fsp3) is 0.256. The van der Waals surface area contributed by atoms with E-state index in [-0.39, 0.29) is 35.6 Å². The van der Waals surface area contributed by atoms with Crippen LogP contribution in [0, 0.1) is 0 Å². The van der Waals surface area contributed by atoms with Gasteiger partial charge in [-0.25, -0.2) is 0 Å². The van der Waals surface area contributed by atoms with Crippen LogP contribution in [-0.4, -0.2) is 3.21 Å². The topological polar surface area (TPSA) is 0 Å². The van der Waals surface area contributed by atoms with Gasteiger partial charge in [-0.2, -0.15) is 0 Å². The molecule has 44 heavy (non-hydrogen) atoms. The Hall–Kier alpha value is -1.73. The Bertz CT molecular complexity index is 1770. The fourth-order valence-corrected chi connectivity index (χ4v) is 15.7. The van der Waals surface area contributed by atoms with E-state index in [1.165, 1.54) is 47.7 Å². The molecular weight excluding hydrogens is 701 g/mol. The zero-order valence-corrected chi connectivity index (χ0v) is 31.8. The Balaban J connectivity index is 0.00000221. The summed E-state index contributed by atoms with van der Waals surface area (Å²) in [5.41, 5.74) is 11.2. The van der Waals surface area contributed by atoms with Crippen LogP contribution in [-0.2, 0) is 38.5 Å². The predicted molar refractivity (Wildman–Crippen MR) is 194 cm³/mol. The molecular formula is C39H40Cl4Zr. The molecule has 0 unspecified atom stereocenters. The molecule has 0 nitrogen and oxygen atoms in total. The van der Waals surface area contributed by atoms with Gasteiger partial charge >= 0.3 is 271 Å². The van der Waals surface area contributed by atoms with Crippen LogP contribution in [0.2, 0.25) is 10.0 Å². The van der Waals surface area contributed by atoms with Crippen LogP contribution in [0.4, 0.5) is 0 Å². The second-order valence-electron chi connectivity index (χ2n) is 13.7. The molecule has 0 N–H and O–H groups in total. The Labute approximate surface area is 293 Å². The van der Waals surface area contributed by atoms with Crippen LogP contribution in [0.5, 0.6) is 0 Å². The van der Waals surface area contributed by atoms with Crippen molar-refractivity contribution >= 4 is 54.5 Å². The molecule has 0 fully saturated rings. The van der Waals surface area contributed by atoms with Crippen molar-refractivity contribution in [1.29, 1.82) is 0 Å². The normalized spacial score (nSPS) is 13.4. The summed E-state index contributed by atoms with van der Waals surface area (Å²) < 4.78 is 4.67. The predicted octanol–water partition coefficient (Wildman–Crippen LogP) is 11.4. The summed E-state index contributed by atoms with van der Waals surface area (Å²) in [4.78, 5) is 0. The number of hydrogen-bond acceptors (Lipinski definition) is 0. The molecule has 0 saturated carbocycles. The molecule has 5 heteroatoms. The second-order valence-corrected chi connectivity index (χ2v) is 20.4. The molecule has 0 saturated heterocycles. The maximum atomic E-state index is 6.68. The molecule has 4 aromatic rings. The van der Waals surface area contributed by atoms with E-state index in [0.29, 0.717) is 0 Å². The van der Waals surface area contributed by atoms with Crippen molar-refractivity contribution in [2.24, 2.45) is 0 Å². The van der Waals surface area contributed by atoms with Gasteiger partial charge in [-0.1, -0.05) is 0 Å². The van der Waals surface area contributed by atoms with Gasteiger partial charge in [0, 0.05) is 0 Å². The van der Waals surface area contributed by atoms with Crippen molar-refractivity contribution in [2.45, 2.75) is 65.2 Å². The molecule has 0 bridgehead atoms. The van der Waals surface area contributed by atoms with E-state index in [4.69, 9.17) is 23.2 Å². The van der Waals surface area contributed by atoms with E-state index in [9.17, 15) is 0 Å². The van der Waals surface area contributed by atoms with Crippen LogP contribution < -0.4 is 3.27 Å². The molecule has 4 aromatic carbocycles. The molecule has 0 spiro atoms. The van der Waals surface area contributed by atoms with Gasteiger partial charge in [0.1, 0.15) is 0 Å². The minimum Gasteiger partial charge on any atom is -0.147 e. The van der Waals surface area contributed by atoms with Crippen LogP contribution in [0.15, 0.2) is 100 Å². The summed E-state index contributed by atoms with van der Waals surface area (Å²) in [5, 5.41) is 1.54. The molecule has 6 rings (SSSR count). The molecule has 0 heterocycles. The molecule has 0 aliphatic heterocycles. The van der Waals surface area contributed by atoms with Crippen molar-refractivity contribution in [3.63, 3.8) is 0 Å². The van der Waals surface area contributed by atoms with E-state index in [1.54, 1.807) is 6.55 Å². The van der Waals surface area contributed by atoms with Crippen LogP contribution in [0.3, 0.4) is 0 Å². The van der Waals surface area contributed by atoms with Crippen LogP contribution in [0.1, 0.15) is 81.3 Å². The molecule has 0 amide bonds. The third kappa shape index (κ3) is 6.84. The SMILES string of the molecule is CC(C)(C)c1ccc2c(c1)Cc1c-2ccc(C(C)(C)C)[c]1[Zr]([C]1=CC=CC1)=[C](c1cccc(Cl)c1)c1cccc(Cl)c1.Cl.Cl. The largest absolute Gasteiger partial charge is 0.147 e. The maximum absolute atomic E-state index is 6.68. The quantitative estimate of drug-likeness (QED) is 0.172. The summed E-state index contributed by atoms with van der Waals surface area (Å²) >= 11 is 10.5. The minimum atomic E-state index is -2.87. The van der Waals surface area contributed by atoms with E-state index in [1.807, 2.05) is 12.1 Å². The van der Waals surface area contributed by atoms with Gasteiger partial charge in [-0.05, 0) is 0 Å². The first-order valence-corrected chi connectivity index (χ1v) is 19.3. The Kier molecular flexibility index (Phi) is 10.8. The van der Waals surface area contributed by atoms with Crippen LogP contribution >= 0.6 is 48.0 Å². The number of allylic oxidation sites excluding steroid dienone is 4. The smallest absolute Gasteiger partial charge is 0.147 e.